The number of anilines is 1. The summed E-state index contributed by atoms with van der Waals surface area (Å²) in [5.41, 5.74) is 6.09. The maximum absolute atomic E-state index is 12.2. The zero-order chi connectivity index (χ0) is 14.9. The third-order valence-electron chi connectivity index (χ3n) is 3.79. The Kier molecular flexibility index (Phi) is 2.93. The maximum Gasteiger partial charge on any atom is 0.209 e. The van der Waals surface area contributed by atoms with Crippen LogP contribution in [0.1, 0.15) is 15.9 Å². The Morgan fingerprint density at radius 1 is 0.955 bits per heavy atom. The summed E-state index contributed by atoms with van der Waals surface area (Å²) < 4.78 is 0. The molecule has 0 spiro atoms. The minimum absolute atomic E-state index is 0.0103. The quantitative estimate of drug-likeness (QED) is 0.735. The summed E-state index contributed by atoms with van der Waals surface area (Å²) in [6.45, 7) is 0. The van der Waals surface area contributed by atoms with Crippen molar-refractivity contribution in [3.8, 4) is 0 Å². The Hall–Kier alpha value is -3.01. The van der Waals surface area contributed by atoms with Crippen LogP contribution in [0, 0.1) is 0 Å². The fraction of sp³-hybridized carbons (Fsp3) is 0.0556. The molecule has 0 amide bonds. The van der Waals surface area contributed by atoms with Crippen LogP contribution in [0.3, 0.4) is 0 Å². The van der Waals surface area contributed by atoms with Crippen LogP contribution < -0.4 is 5.43 Å². The van der Waals surface area contributed by atoms with Gasteiger partial charge in [-0.3, -0.25) is 10.2 Å². The molecule has 1 aliphatic rings. The second-order valence-corrected chi connectivity index (χ2v) is 5.22. The molecular formula is C18H13N3O. The van der Waals surface area contributed by atoms with Crippen molar-refractivity contribution in [2.24, 2.45) is 5.10 Å². The molecule has 4 rings (SSSR count). The van der Waals surface area contributed by atoms with E-state index in [1.54, 1.807) is 0 Å². The minimum atomic E-state index is -0.0103. The van der Waals surface area contributed by atoms with Gasteiger partial charge in [-0.05, 0) is 23.8 Å². The summed E-state index contributed by atoms with van der Waals surface area (Å²) in [6, 6.07) is 19.3. The molecule has 0 saturated carbocycles. The van der Waals surface area contributed by atoms with Gasteiger partial charge in [-0.1, -0.05) is 42.5 Å². The van der Waals surface area contributed by atoms with Gasteiger partial charge in [0.25, 0.3) is 0 Å². The molecule has 1 aromatic heterocycles. The van der Waals surface area contributed by atoms with Gasteiger partial charge in [0.2, 0.25) is 5.78 Å². The molecule has 0 radical (unpaired) electrons. The zero-order valence-corrected chi connectivity index (χ0v) is 11.8. The molecule has 2 aromatic carbocycles. The molecule has 1 N–H and O–H groups in total. The number of fused-ring (bicyclic) bond motifs is 2. The third-order valence-corrected chi connectivity index (χ3v) is 3.79. The molecule has 0 atom stereocenters. The van der Waals surface area contributed by atoms with Crippen LogP contribution in [0.25, 0.3) is 10.9 Å². The average Bonchev–Trinajstić information content (AvgIpc) is 2.89. The zero-order valence-electron chi connectivity index (χ0n) is 11.8. The molecule has 3 aromatic rings. The maximum atomic E-state index is 12.2. The number of pyridine rings is 1. The summed E-state index contributed by atoms with van der Waals surface area (Å²) >= 11 is 0. The number of para-hydroxylation sites is 1. The Labute approximate surface area is 127 Å². The number of benzene rings is 2. The van der Waals surface area contributed by atoms with Crippen molar-refractivity contribution < 1.29 is 4.79 Å². The Morgan fingerprint density at radius 2 is 1.77 bits per heavy atom. The van der Waals surface area contributed by atoms with E-state index in [0.717, 1.165) is 22.0 Å². The van der Waals surface area contributed by atoms with Crippen molar-refractivity contribution in [1.82, 2.24) is 4.98 Å². The smallest absolute Gasteiger partial charge is 0.209 e. The molecular weight excluding hydrogens is 274 g/mol. The lowest BCUT2D eigenvalue weighted by atomic mass is 10.1. The third kappa shape index (κ3) is 2.15. The highest BCUT2D eigenvalue weighted by molar-refractivity contribution is 6.49. The first-order valence-electron chi connectivity index (χ1n) is 7.12. The summed E-state index contributed by atoms with van der Waals surface area (Å²) in [7, 11) is 0. The van der Waals surface area contributed by atoms with E-state index in [1.165, 1.54) is 0 Å². The fourth-order valence-electron chi connectivity index (χ4n) is 2.66. The monoisotopic (exact) mass is 287 g/mol. The molecule has 4 nitrogen and oxygen atoms in total. The van der Waals surface area contributed by atoms with E-state index in [0.29, 0.717) is 18.0 Å². The molecule has 0 fully saturated rings. The molecule has 1 heterocycles. The predicted molar refractivity (Wildman–Crippen MR) is 87.3 cm³/mol. The van der Waals surface area contributed by atoms with Crippen LogP contribution in [-0.4, -0.2) is 16.5 Å². The lowest BCUT2D eigenvalue weighted by Crippen LogP contribution is -2.10. The van der Waals surface area contributed by atoms with Crippen LogP contribution in [0.15, 0.2) is 65.8 Å². The number of hydrogen-bond donors (Lipinski definition) is 1. The second kappa shape index (κ2) is 5.07. The van der Waals surface area contributed by atoms with E-state index >= 15 is 0 Å². The molecule has 0 aliphatic heterocycles. The van der Waals surface area contributed by atoms with Gasteiger partial charge in [0, 0.05) is 17.4 Å². The number of ketones is 1. The molecule has 0 saturated heterocycles. The standard InChI is InChI=1S/C18H13N3O/c22-18-14-7-3-1-6-13(14)11-16(18)20-21-17-10-9-12-5-2-4-8-15(12)19-17/h1-10H,11H2,(H,19,21)/b20-16-. The van der Waals surface area contributed by atoms with Crippen molar-refractivity contribution in [3.05, 3.63) is 71.8 Å². The van der Waals surface area contributed by atoms with Gasteiger partial charge < -0.3 is 0 Å². The second-order valence-electron chi connectivity index (χ2n) is 5.22. The van der Waals surface area contributed by atoms with Crippen molar-refractivity contribution >= 4 is 28.2 Å². The van der Waals surface area contributed by atoms with E-state index < -0.39 is 0 Å². The summed E-state index contributed by atoms with van der Waals surface area (Å²) in [5, 5.41) is 5.32. The van der Waals surface area contributed by atoms with Gasteiger partial charge in [-0.15, -0.1) is 0 Å². The van der Waals surface area contributed by atoms with Gasteiger partial charge in [0.1, 0.15) is 11.5 Å². The van der Waals surface area contributed by atoms with E-state index in [-0.39, 0.29) is 5.78 Å². The number of rotatable bonds is 2. The number of nitrogens with zero attached hydrogens (tertiary/aromatic N) is 2. The number of carbonyl (C=O) groups excluding carboxylic acids is 1. The molecule has 0 unspecified atom stereocenters. The lowest BCUT2D eigenvalue weighted by molar-refractivity contribution is 0.106. The van der Waals surface area contributed by atoms with Gasteiger partial charge in [0.05, 0.1) is 5.52 Å². The van der Waals surface area contributed by atoms with Crippen molar-refractivity contribution in [2.45, 2.75) is 6.42 Å². The first-order chi connectivity index (χ1) is 10.8. The largest absolute Gasteiger partial charge is 0.287 e. The highest BCUT2D eigenvalue weighted by Crippen LogP contribution is 2.20. The molecule has 106 valence electrons. The summed E-state index contributed by atoms with van der Waals surface area (Å²) in [4.78, 5) is 16.7. The molecule has 4 heteroatoms. The van der Waals surface area contributed by atoms with Crippen LogP contribution in [0.2, 0.25) is 0 Å². The van der Waals surface area contributed by atoms with Crippen molar-refractivity contribution in [1.29, 1.82) is 0 Å². The first kappa shape index (κ1) is 12.7. The van der Waals surface area contributed by atoms with Crippen molar-refractivity contribution in [3.63, 3.8) is 0 Å². The van der Waals surface area contributed by atoms with Gasteiger partial charge in [-0.2, -0.15) is 5.10 Å². The highest BCUT2D eigenvalue weighted by Gasteiger charge is 2.25. The van der Waals surface area contributed by atoms with Crippen LogP contribution in [0.4, 0.5) is 5.82 Å². The van der Waals surface area contributed by atoms with E-state index in [9.17, 15) is 4.79 Å². The number of Topliss-reactive ketones (excluding diaryl/α,β-unsaturated/α-hetero) is 1. The Balaban J connectivity index is 1.60. The van der Waals surface area contributed by atoms with Crippen LogP contribution in [-0.2, 0) is 6.42 Å². The van der Waals surface area contributed by atoms with E-state index in [1.807, 2.05) is 60.7 Å². The topological polar surface area (TPSA) is 54.4 Å². The van der Waals surface area contributed by atoms with E-state index in [2.05, 4.69) is 15.5 Å². The molecule has 22 heavy (non-hydrogen) atoms. The minimum Gasteiger partial charge on any atom is -0.287 e. The van der Waals surface area contributed by atoms with Crippen molar-refractivity contribution in [2.75, 3.05) is 5.43 Å². The van der Waals surface area contributed by atoms with Gasteiger partial charge in [0.15, 0.2) is 0 Å². The number of hydrazone groups is 1. The Bertz CT molecular complexity index is 915. The van der Waals surface area contributed by atoms with Crippen LogP contribution >= 0.6 is 0 Å². The SMILES string of the molecule is O=C1/C(=N\Nc2ccc3ccccc3n2)Cc2ccccc21. The number of carbonyl (C=O) groups is 1. The first-order valence-corrected chi connectivity index (χ1v) is 7.12. The lowest BCUT2D eigenvalue weighted by Gasteiger charge is -2.02. The fourth-order valence-corrected chi connectivity index (χ4v) is 2.66. The number of aromatic nitrogens is 1. The average molecular weight is 287 g/mol. The Morgan fingerprint density at radius 3 is 2.68 bits per heavy atom. The predicted octanol–water partition coefficient (Wildman–Crippen LogP) is 3.44. The molecule has 1 aliphatic carbocycles. The molecule has 0 bridgehead atoms. The number of hydrogen-bond acceptors (Lipinski definition) is 4. The normalized spacial score (nSPS) is 15.3. The summed E-state index contributed by atoms with van der Waals surface area (Å²) in [5.74, 6) is 0.624. The van der Waals surface area contributed by atoms with E-state index in [4.69, 9.17) is 0 Å². The number of nitrogens with one attached hydrogen (secondary N) is 1. The van der Waals surface area contributed by atoms with Gasteiger partial charge >= 0.3 is 0 Å². The summed E-state index contributed by atoms with van der Waals surface area (Å²) in [6.07, 6.45) is 0.565. The van der Waals surface area contributed by atoms with Gasteiger partial charge in [-0.25, -0.2) is 4.98 Å². The van der Waals surface area contributed by atoms with Crippen LogP contribution in [0.5, 0.6) is 0 Å². The highest BCUT2D eigenvalue weighted by atomic mass is 16.1.